The van der Waals surface area contributed by atoms with E-state index in [0.29, 0.717) is 0 Å². The summed E-state index contributed by atoms with van der Waals surface area (Å²) >= 11 is 0. The Morgan fingerprint density at radius 2 is 1.67 bits per heavy atom. The van der Waals surface area contributed by atoms with E-state index in [1.54, 1.807) is 0 Å². The lowest BCUT2D eigenvalue weighted by molar-refractivity contribution is 0.505. The van der Waals surface area contributed by atoms with Crippen LogP contribution in [-0.4, -0.2) is 31.0 Å². The van der Waals surface area contributed by atoms with Crippen LogP contribution >= 0.6 is 0 Å². The van der Waals surface area contributed by atoms with Gasteiger partial charge in [0.25, 0.3) is 0 Å². The van der Waals surface area contributed by atoms with Gasteiger partial charge in [0.2, 0.25) is 0 Å². The number of rotatable bonds is 0. The van der Waals surface area contributed by atoms with E-state index >= 15 is 0 Å². The Morgan fingerprint density at radius 1 is 1.17 bits per heavy atom. The first-order chi connectivity index (χ1) is 5.52. The van der Waals surface area contributed by atoms with Crippen molar-refractivity contribution >= 4 is 0 Å². The van der Waals surface area contributed by atoms with Crippen molar-refractivity contribution in [3.05, 3.63) is 29.6 Å². The zero-order chi connectivity index (χ0) is 9.56. The fourth-order valence-corrected chi connectivity index (χ4v) is 0.687. The molecule has 0 radical (unpaired) electrons. The Morgan fingerprint density at radius 3 is 1.92 bits per heavy atom. The fraction of sp³-hybridized carbons (Fsp3) is 0.500. The molecule has 1 aromatic rings. The van der Waals surface area contributed by atoms with Crippen molar-refractivity contribution < 1.29 is 0 Å². The molecule has 0 amide bonds. The first-order valence-corrected chi connectivity index (χ1v) is 4.02. The molecule has 1 heterocycles. The standard InChI is InChI=1S/C7H9N.C3H9N/c1-6-3-4-8-7(2)5-6;1-4(2)3/h3-5H,1-2H3;1-3H3. The van der Waals surface area contributed by atoms with Crippen molar-refractivity contribution in [1.29, 1.82) is 0 Å². The zero-order valence-corrected chi connectivity index (χ0v) is 8.63. The molecule has 0 atom stereocenters. The molecule has 1 aromatic heterocycles. The van der Waals surface area contributed by atoms with E-state index in [-0.39, 0.29) is 0 Å². The van der Waals surface area contributed by atoms with Crippen LogP contribution in [-0.2, 0) is 0 Å². The van der Waals surface area contributed by atoms with Gasteiger partial charge in [-0.1, -0.05) is 0 Å². The van der Waals surface area contributed by atoms with E-state index in [4.69, 9.17) is 0 Å². The summed E-state index contributed by atoms with van der Waals surface area (Å²) in [6.07, 6.45) is 1.82. The topological polar surface area (TPSA) is 16.1 Å². The average molecular weight is 166 g/mol. The van der Waals surface area contributed by atoms with Gasteiger partial charge in [-0.25, -0.2) is 0 Å². The number of aromatic nitrogens is 1. The molecule has 2 nitrogen and oxygen atoms in total. The summed E-state index contributed by atoms with van der Waals surface area (Å²) in [6, 6.07) is 4.05. The summed E-state index contributed by atoms with van der Waals surface area (Å²) in [5.41, 5.74) is 2.36. The summed E-state index contributed by atoms with van der Waals surface area (Å²) in [6.45, 7) is 4.06. The first-order valence-electron chi connectivity index (χ1n) is 4.02. The highest BCUT2D eigenvalue weighted by molar-refractivity contribution is 5.12. The first kappa shape index (κ1) is 11.1. The molecule has 0 spiro atoms. The van der Waals surface area contributed by atoms with Crippen LogP contribution in [0.15, 0.2) is 18.3 Å². The summed E-state index contributed by atoms with van der Waals surface area (Å²) in [7, 11) is 6.00. The number of hydrogen-bond donors (Lipinski definition) is 0. The lowest BCUT2D eigenvalue weighted by Crippen LogP contribution is -1.99. The predicted octanol–water partition coefficient (Wildman–Crippen LogP) is 1.88. The molecule has 0 saturated carbocycles. The van der Waals surface area contributed by atoms with Crippen molar-refractivity contribution in [3.8, 4) is 0 Å². The van der Waals surface area contributed by atoms with E-state index in [2.05, 4.69) is 18.0 Å². The van der Waals surface area contributed by atoms with Gasteiger partial charge >= 0.3 is 0 Å². The second-order valence-corrected chi connectivity index (χ2v) is 3.32. The summed E-state index contributed by atoms with van der Waals surface area (Å²) < 4.78 is 0. The quantitative estimate of drug-likeness (QED) is 0.585. The van der Waals surface area contributed by atoms with E-state index in [1.165, 1.54) is 5.56 Å². The highest BCUT2D eigenvalue weighted by Crippen LogP contribution is 1.95. The van der Waals surface area contributed by atoms with Gasteiger partial charge in [-0.05, 0) is 52.7 Å². The third-order valence-electron chi connectivity index (χ3n) is 1.05. The molecule has 0 aromatic carbocycles. The van der Waals surface area contributed by atoms with E-state index in [1.807, 2.05) is 45.2 Å². The smallest absolute Gasteiger partial charge is 0.0375 e. The molecule has 0 unspecified atom stereocenters. The molecule has 68 valence electrons. The van der Waals surface area contributed by atoms with Gasteiger partial charge in [0.05, 0.1) is 0 Å². The van der Waals surface area contributed by atoms with E-state index < -0.39 is 0 Å². The summed E-state index contributed by atoms with van der Waals surface area (Å²) in [5.74, 6) is 0. The van der Waals surface area contributed by atoms with Crippen LogP contribution < -0.4 is 0 Å². The molecule has 12 heavy (non-hydrogen) atoms. The third-order valence-corrected chi connectivity index (χ3v) is 1.05. The van der Waals surface area contributed by atoms with Crippen LogP contribution in [0, 0.1) is 13.8 Å². The van der Waals surface area contributed by atoms with Crippen LogP contribution in [0.1, 0.15) is 11.3 Å². The molecular formula is C10H18N2. The van der Waals surface area contributed by atoms with Crippen LogP contribution in [0.5, 0.6) is 0 Å². The van der Waals surface area contributed by atoms with Crippen LogP contribution in [0.25, 0.3) is 0 Å². The molecule has 0 aliphatic heterocycles. The summed E-state index contributed by atoms with van der Waals surface area (Å²) in [5, 5.41) is 0. The Labute approximate surface area is 75.2 Å². The second kappa shape index (κ2) is 5.72. The maximum absolute atomic E-state index is 4.04. The number of aryl methyl sites for hydroxylation is 2. The highest BCUT2D eigenvalue weighted by Gasteiger charge is 1.82. The minimum absolute atomic E-state index is 1.09. The minimum Gasteiger partial charge on any atom is -0.312 e. The van der Waals surface area contributed by atoms with Gasteiger partial charge < -0.3 is 4.90 Å². The predicted molar refractivity (Wildman–Crippen MR) is 53.3 cm³/mol. The largest absolute Gasteiger partial charge is 0.312 e. The van der Waals surface area contributed by atoms with Gasteiger partial charge in [-0.2, -0.15) is 0 Å². The molecule has 0 aliphatic carbocycles. The molecule has 0 aliphatic rings. The van der Waals surface area contributed by atoms with Crippen molar-refractivity contribution in [1.82, 2.24) is 9.88 Å². The van der Waals surface area contributed by atoms with Crippen molar-refractivity contribution in [2.75, 3.05) is 21.1 Å². The zero-order valence-electron chi connectivity index (χ0n) is 8.63. The molecule has 0 N–H and O–H groups in total. The lowest BCUT2D eigenvalue weighted by Gasteiger charge is -1.90. The fourth-order valence-electron chi connectivity index (χ4n) is 0.687. The molecule has 2 heteroatoms. The van der Waals surface area contributed by atoms with Crippen molar-refractivity contribution in [3.63, 3.8) is 0 Å². The summed E-state index contributed by atoms with van der Waals surface area (Å²) in [4.78, 5) is 6.04. The number of nitrogens with zero attached hydrogens (tertiary/aromatic N) is 2. The maximum atomic E-state index is 4.04. The molecule has 0 bridgehead atoms. The van der Waals surface area contributed by atoms with Crippen molar-refractivity contribution in [2.45, 2.75) is 13.8 Å². The Hall–Kier alpha value is -0.890. The highest BCUT2D eigenvalue weighted by atomic mass is 15.0. The third kappa shape index (κ3) is 7.22. The van der Waals surface area contributed by atoms with Gasteiger partial charge in [0.1, 0.15) is 0 Å². The van der Waals surface area contributed by atoms with Crippen molar-refractivity contribution in [2.24, 2.45) is 0 Å². The minimum atomic E-state index is 1.09. The average Bonchev–Trinajstić information content (AvgIpc) is 1.84. The van der Waals surface area contributed by atoms with E-state index in [9.17, 15) is 0 Å². The van der Waals surface area contributed by atoms with Gasteiger partial charge in [0.15, 0.2) is 0 Å². The van der Waals surface area contributed by atoms with Crippen LogP contribution in [0.2, 0.25) is 0 Å². The number of hydrogen-bond acceptors (Lipinski definition) is 2. The molecule has 0 saturated heterocycles. The molecule has 0 fully saturated rings. The normalized spacial score (nSPS) is 9.17. The Balaban J connectivity index is 0.000000261. The Bertz CT molecular complexity index is 199. The van der Waals surface area contributed by atoms with Crippen LogP contribution in [0.3, 0.4) is 0 Å². The van der Waals surface area contributed by atoms with E-state index in [0.717, 1.165) is 5.69 Å². The SMILES string of the molecule is CN(C)C.Cc1ccnc(C)c1. The van der Waals surface area contributed by atoms with Gasteiger partial charge in [-0.15, -0.1) is 0 Å². The number of pyridine rings is 1. The molecule has 1 rings (SSSR count). The Kier molecular flexibility index (Phi) is 5.30. The monoisotopic (exact) mass is 166 g/mol. The van der Waals surface area contributed by atoms with Crippen LogP contribution in [0.4, 0.5) is 0 Å². The van der Waals surface area contributed by atoms with Gasteiger partial charge in [-0.3, -0.25) is 4.98 Å². The van der Waals surface area contributed by atoms with Gasteiger partial charge in [0, 0.05) is 11.9 Å². The second-order valence-electron chi connectivity index (χ2n) is 3.32. The molecular weight excluding hydrogens is 148 g/mol. The maximum Gasteiger partial charge on any atom is 0.0375 e. The lowest BCUT2D eigenvalue weighted by atomic mass is 10.3.